The molecule has 0 spiro atoms. The zero-order valence-corrected chi connectivity index (χ0v) is 13.7. The fraction of sp³-hybridized carbons (Fsp3) is 0.167. The number of pyridine rings is 1. The molecule has 5 nitrogen and oxygen atoms in total. The van der Waals surface area contributed by atoms with Gasteiger partial charge in [0, 0.05) is 29.3 Å². The second-order valence-corrected chi connectivity index (χ2v) is 6.38. The van der Waals surface area contributed by atoms with E-state index in [0.29, 0.717) is 16.7 Å². The number of fused-ring (bicyclic) bond motifs is 1. The van der Waals surface area contributed by atoms with Gasteiger partial charge in [-0.15, -0.1) is 0 Å². The molecule has 0 unspecified atom stereocenters. The first-order chi connectivity index (χ1) is 12.1. The Hall–Kier alpha value is -2.73. The van der Waals surface area contributed by atoms with Gasteiger partial charge in [0.15, 0.2) is 11.6 Å². The third-order valence-electron chi connectivity index (χ3n) is 4.23. The highest BCUT2D eigenvalue weighted by Crippen LogP contribution is 2.32. The van der Waals surface area contributed by atoms with Crippen molar-refractivity contribution in [3.63, 3.8) is 0 Å². The normalized spacial score (nSPS) is 13.8. The highest BCUT2D eigenvalue weighted by Gasteiger charge is 2.30. The van der Waals surface area contributed by atoms with Gasteiger partial charge in [0.25, 0.3) is 0 Å². The zero-order valence-electron chi connectivity index (χ0n) is 13.0. The number of nitrogens with one attached hydrogen (secondary N) is 2. The third kappa shape index (κ3) is 2.78. The van der Waals surface area contributed by atoms with E-state index in [1.807, 2.05) is 0 Å². The van der Waals surface area contributed by atoms with Crippen LogP contribution in [0.3, 0.4) is 0 Å². The number of halogens is 2. The number of carbonyl (C=O) groups is 2. The lowest BCUT2D eigenvalue weighted by molar-refractivity contribution is -0.117. The Bertz CT molecular complexity index is 990. The largest absolute Gasteiger partial charge is 0.357 e. The zero-order chi connectivity index (χ0) is 17.6. The fourth-order valence-corrected chi connectivity index (χ4v) is 3.00. The van der Waals surface area contributed by atoms with Gasteiger partial charge < -0.3 is 10.3 Å². The van der Waals surface area contributed by atoms with Gasteiger partial charge in [0.05, 0.1) is 16.1 Å². The van der Waals surface area contributed by atoms with Crippen LogP contribution < -0.4 is 5.32 Å². The first-order valence-corrected chi connectivity index (χ1v) is 8.19. The first kappa shape index (κ1) is 15.8. The van der Waals surface area contributed by atoms with E-state index in [-0.39, 0.29) is 28.0 Å². The minimum Gasteiger partial charge on any atom is -0.357 e. The van der Waals surface area contributed by atoms with Gasteiger partial charge in [0.1, 0.15) is 5.82 Å². The van der Waals surface area contributed by atoms with Crippen LogP contribution in [0.1, 0.15) is 28.8 Å². The summed E-state index contributed by atoms with van der Waals surface area (Å²) in [5, 5.41) is 3.37. The second kappa shape index (κ2) is 5.97. The Kier molecular flexibility index (Phi) is 3.77. The molecule has 2 heterocycles. The Balaban J connectivity index is 1.76. The summed E-state index contributed by atoms with van der Waals surface area (Å²) in [6.45, 7) is 0. The van der Waals surface area contributed by atoms with E-state index >= 15 is 0 Å². The minimum atomic E-state index is -0.678. The van der Waals surface area contributed by atoms with E-state index in [9.17, 15) is 14.0 Å². The molecule has 0 radical (unpaired) electrons. The molecule has 1 aliphatic rings. The molecule has 2 N–H and O–H groups in total. The monoisotopic (exact) mass is 357 g/mol. The molecule has 2 aromatic heterocycles. The number of H-pyrrole nitrogens is 1. The van der Waals surface area contributed by atoms with Crippen molar-refractivity contribution in [3.05, 3.63) is 58.6 Å². The SMILES string of the molecule is O=C(c1c(F)cccc1Cl)c1c[nH]c2c(NC(=O)C3CC3)nccc12. The summed E-state index contributed by atoms with van der Waals surface area (Å²) < 4.78 is 14.1. The molecule has 4 rings (SSSR count). The van der Waals surface area contributed by atoms with Gasteiger partial charge in [-0.25, -0.2) is 9.37 Å². The number of carbonyl (C=O) groups excluding carboxylic acids is 2. The van der Waals surface area contributed by atoms with Gasteiger partial charge in [-0.3, -0.25) is 9.59 Å². The summed E-state index contributed by atoms with van der Waals surface area (Å²) in [6, 6.07) is 5.74. The van der Waals surface area contributed by atoms with E-state index in [0.717, 1.165) is 12.8 Å². The van der Waals surface area contributed by atoms with Crippen LogP contribution in [-0.4, -0.2) is 21.7 Å². The average molecular weight is 358 g/mol. The van der Waals surface area contributed by atoms with Gasteiger partial charge >= 0.3 is 0 Å². The van der Waals surface area contributed by atoms with Gasteiger partial charge in [-0.05, 0) is 31.0 Å². The summed E-state index contributed by atoms with van der Waals surface area (Å²) in [6.07, 6.45) is 4.73. The number of aromatic amines is 1. The number of anilines is 1. The van der Waals surface area contributed by atoms with Crippen LogP contribution >= 0.6 is 11.6 Å². The van der Waals surface area contributed by atoms with Crippen molar-refractivity contribution in [1.82, 2.24) is 9.97 Å². The van der Waals surface area contributed by atoms with Crippen LogP contribution in [0, 0.1) is 11.7 Å². The lowest BCUT2D eigenvalue weighted by atomic mass is 10.0. The molecule has 1 aromatic carbocycles. The van der Waals surface area contributed by atoms with Crippen LogP contribution in [0.4, 0.5) is 10.2 Å². The Morgan fingerprint density at radius 2 is 2.08 bits per heavy atom. The van der Waals surface area contributed by atoms with Gasteiger partial charge in [-0.1, -0.05) is 17.7 Å². The van der Waals surface area contributed by atoms with E-state index in [2.05, 4.69) is 15.3 Å². The van der Waals surface area contributed by atoms with Crippen LogP contribution in [0.5, 0.6) is 0 Å². The summed E-state index contributed by atoms with van der Waals surface area (Å²) >= 11 is 5.99. The maximum absolute atomic E-state index is 14.1. The van der Waals surface area contributed by atoms with Crippen molar-refractivity contribution in [2.24, 2.45) is 5.92 Å². The quantitative estimate of drug-likeness (QED) is 0.694. The van der Waals surface area contributed by atoms with E-state index in [1.165, 1.54) is 30.6 Å². The predicted molar refractivity (Wildman–Crippen MR) is 92.3 cm³/mol. The highest BCUT2D eigenvalue weighted by atomic mass is 35.5. The summed E-state index contributed by atoms with van der Waals surface area (Å²) in [4.78, 5) is 31.8. The molecular formula is C18H13ClFN3O2. The maximum atomic E-state index is 14.1. The molecule has 0 aliphatic heterocycles. The summed E-state index contributed by atoms with van der Waals surface area (Å²) in [5.41, 5.74) is 0.615. The molecule has 3 aromatic rings. The van der Waals surface area contributed by atoms with E-state index in [4.69, 9.17) is 11.6 Å². The van der Waals surface area contributed by atoms with E-state index in [1.54, 1.807) is 6.07 Å². The average Bonchev–Trinajstić information content (AvgIpc) is 3.34. The van der Waals surface area contributed by atoms with Crippen molar-refractivity contribution >= 4 is 40.0 Å². The van der Waals surface area contributed by atoms with Crippen molar-refractivity contribution in [3.8, 4) is 0 Å². The molecule has 0 atom stereocenters. The molecule has 1 fully saturated rings. The molecule has 1 saturated carbocycles. The molecule has 126 valence electrons. The van der Waals surface area contributed by atoms with E-state index < -0.39 is 11.6 Å². The number of rotatable bonds is 4. The molecule has 1 amide bonds. The lowest BCUT2D eigenvalue weighted by Crippen LogP contribution is -2.14. The molecule has 25 heavy (non-hydrogen) atoms. The smallest absolute Gasteiger partial charge is 0.228 e. The summed E-state index contributed by atoms with van der Waals surface area (Å²) in [7, 11) is 0. The first-order valence-electron chi connectivity index (χ1n) is 7.82. The standard InChI is InChI=1S/C18H13ClFN3O2/c19-12-2-1-3-13(20)14(12)16(24)11-8-22-15-10(11)6-7-21-17(15)23-18(25)9-4-5-9/h1-3,6-9,22H,4-5H2,(H,21,23,25). The van der Waals surface area contributed by atoms with Gasteiger partial charge in [0.2, 0.25) is 5.91 Å². The number of hydrogen-bond donors (Lipinski definition) is 2. The number of nitrogens with zero attached hydrogens (tertiary/aromatic N) is 1. The Morgan fingerprint density at radius 1 is 1.28 bits per heavy atom. The number of benzene rings is 1. The molecular weight excluding hydrogens is 345 g/mol. The molecule has 0 saturated heterocycles. The minimum absolute atomic E-state index is 0.0327. The lowest BCUT2D eigenvalue weighted by Gasteiger charge is -2.06. The van der Waals surface area contributed by atoms with Gasteiger partial charge in [-0.2, -0.15) is 0 Å². The molecule has 0 bridgehead atoms. The number of hydrogen-bond acceptors (Lipinski definition) is 3. The Morgan fingerprint density at radius 3 is 2.80 bits per heavy atom. The summed E-state index contributed by atoms with van der Waals surface area (Å²) in [5.74, 6) is -0.902. The van der Waals surface area contributed by atoms with Crippen LogP contribution in [0.25, 0.3) is 10.9 Å². The number of amides is 1. The van der Waals surface area contributed by atoms with Crippen LogP contribution in [-0.2, 0) is 4.79 Å². The fourth-order valence-electron chi connectivity index (χ4n) is 2.75. The molecule has 7 heteroatoms. The van der Waals surface area contributed by atoms with Crippen LogP contribution in [0.2, 0.25) is 5.02 Å². The number of aromatic nitrogens is 2. The highest BCUT2D eigenvalue weighted by molar-refractivity contribution is 6.35. The second-order valence-electron chi connectivity index (χ2n) is 5.97. The number of ketones is 1. The van der Waals surface area contributed by atoms with Crippen LogP contribution in [0.15, 0.2) is 36.7 Å². The predicted octanol–water partition coefficient (Wildman–Crippen LogP) is 3.93. The molecule has 1 aliphatic carbocycles. The van der Waals surface area contributed by atoms with Crippen molar-refractivity contribution in [2.75, 3.05) is 5.32 Å². The van der Waals surface area contributed by atoms with Crippen molar-refractivity contribution in [1.29, 1.82) is 0 Å². The third-order valence-corrected chi connectivity index (χ3v) is 4.54. The van der Waals surface area contributed by atoms with Crippen molar-refractivity contribution in [2.45, 2.75) is 12.8 Å². The Labute approximate surface area is 147 Å². The van der Waals surface area contributed by atoms with Crippen molar-refractivity contribution < 1.29 is 14.0 Å². The maximum Gasteiger partial charge on any atom is 0.228 e. The topological polar surface area (TPSA) is 74.8 Å².